The van der Waals surface area contributed by atoms with Crippen LogP contribution in [0.4, 0.5) is 24.7 Å². The van der Waals surface area contributed by atoms with Crippen molar-refractivity contribution in [3.8, 4) is 0 Å². The molecule has 0 aliphatic heterocycles. The van der Waals surface area contributed by atoms with E-state index >= 15 is 0 Å². The first-order valence-corrected chi connectivity index (χ1v) is 11.6. The summed E-state index contributed by atoms with van der Waals surface area (Å²) in [5, 5.41) is 7.31. The zero-order valence-electron chi connectivity index (χ0n) is 18.9. The smallest absolute Gasteiger partial charge is 0.441 e. The molecule has 1 atom stereocenters. The highest BCUT2D eigenvalue weighted by atomic mass is 32.2. The van der Waals surface area contributed by atoms with Crippen LogP contribution in [0.25, 0.3) is 0 Å². The molecule has 0 spiro atoms. The van der Waals surface area contributed by atoms with Gasteiger partial charge in [-0.3, -0.25) is 4.79 Å². The Balaban J connectivity index is 2.39. The number of ether oxygens (including phenoxy) is 1. The van der Waals surface area contributed by atoms with Gasteiger partial charge in [0.2, 0.25) is 11.8 Å². The zero-order chi connectivity index (χ0) is 25.7. The molecule has 0 fully saturated rings. The highest BCUT2D eigenvalue weighted by Gasteiger charge is 2.63. The number of hydrogen-bond acceptors (Lipinski definition) is 8. The average Bonchev–Trinajstić information content (AvgIpc) is 3.04. The molecule has 2 rings (SSSR count). The second-order valence-corrected chi connectivity index (χ2v) is 8.93. The largest absolute Gasteiger partial charge is 0.463 e. The average molecular weight is 507 g/mol. The summed E-state index contributed by atoms with van der Waals surface area (Å²) < 4.78 is 79.2. The first-order valence-electron chi connectivity index (χ1n) is 10.2. The summed E-state index contributed by atoms with van der Waals surface area (Å²) >= 11 is 0. The van der Waals surface area contributed by atoms with Crippen molar-refractivity contribution in [2.45, 2.75) is 57.3 Å². The van der Waals surface area contributed by atoms with Gasteiger partial charge in [0, 0.05) is 17.7 Å². The molecule has 188 valence electrons. The number of aromatic nitrogens is 1. The number of carbonyl (C=O) groups excluding carboxylic acids is 2. The number of hydrogen-bond donors (Lipinski definition) is 3. The first kappa shape index (κ1) is 27.0. The molecule has 0 saturated heterocycles. The molecular formula is C20H25F3N4O6S. The maximum Gasteiger partial charge on any atom is 0.441 e. The van der Waals surface area contributed by atoms with Crippen LogP contribution in [0.15, 0.2) is 33.7 Å². The van der Waals surface area contributed by atoms with Crippen molar-refractivity contribution in [3.63, 3.8) is 0 Å². The van der Waals surface area contributed by atoms with Crippen molar-refractivity contribution in [1.29, 1.82) is 0 Å². The van der Waals surface area contributed by atoms with E-state index in [0.717, 1.165) is 24.3 Å². The number of sulfonamides is 1. The number of alkyl halides is 3. The van der Waals surface area contributed by atoms with Crippen molar-refractivity contribution in [2.75, 3.05) is 16.6 Å². The zero-order valence-corrected chi connectivity index (χ0v) is 19.7. The van der Waals surface area contributed by atoms with Crippen LogP contribution in [0.2, 0.25) is 0 Å². The molecule has 0 radical (unpaired) electrons. The number of aryl methyl sites for hydroxylation is 1. The molecule has 1 unspecified atom stereocenters. The van der Waals surface area contributed by atoms with Crippen molar-refractivity contribution >= 4 is 33.5 Å². The fraction of sp³-hybridized carbons (Fsp3) is 0.450. The number of anilines is 2. The van der Waals surface area contributed by atoms with Gasteiger partial charge in [-0.2, -0.15) is 13.2 Å². The van der Waals surface area contributed by atoms with Crippen LogP contribution < -0.4 is 15.4 Å². The van der Waals surface area contributed by atoms with Crippen LogP contribution in [0.1, 0.15) is 37.9 Å². The quantitative estimate of drug-likeness (QED) is 0.330. The van der Waals surface area contributed by atoms with Gasteiger partial charge in [0.15, 0.2) is 0 Å². The summed E-state index contributed by atoms with van der Waals surface area (Å²) in [7, 11) is -4.16. The Morgan fingerprint density at radius 1 is 1.12 bits per heavy atom. The lowest BCUT2D eigenvalue weighted by molar-refractivity contribution is -0.207. The molecule has 2 aromatic rings. The number of halogens is 3. The van der Waals surface area contributed by atoms with Crippen LogP contribution >= 0.6 is 0 Å². The lowest BCUT2D eigenvalue weighted by Crippen LogP contribution is -2.69. The van der Waals surface area contributed by atoms with Gasteiger partial charge in [-0.25, -0.2) is 17.9 Å². The third-order valence-electron chi connectivity index (χ3n) is 4.69. The number of amides is 1. The Bertz CT molecular complexity index is 1130. The Hall–Kier alpha value is -3.29. The topological polar surface area (TPSA) is 140 Å². The SMILES string of the molecule is CCCC(=O)NC(Nc1ccc(S(=O)(=O)Nc2onc(C)c2C)cc1)(C(=O)OCC)C(F)(F)F. The molecule has 14 heteroatoms. The number of benzene rings is 1. The number of nitrogens with zero attached hydrogens (tertiary/aromatic N) is 1. The molecule has 3 N–H and O–H groups in total. The predicted molar refractivity (Wildman–Crippen MR) is 115 cm³/mol. The van der Waals surface area contributed by atoms with E-state index in [9.17, 15) is 31.2 Å². The maximum absolute atomic E-state index is 14.1. The molecule has 0 saturated carbocycles. The van der Waals surface area contributed by atoms with Crippen molar-refractivity contribution in [2.24, 2.45) is 0 Å². The van der Waals surface area contributed by atoms with Crippen LogP contribution in [-0.2, 0) is 24.3 Å². The van der Waals surface area contributed by atoms with Crippen LogP contribution in [0.3, 0.4) is 0 Å². The Kier molecular flexibility index (Phi) is 8.18. The summed E-state index contributed by atoms with van der Waals surface area (Å²) in [4.78, 5) is 24.1. The van der Waals surface area contributed by atoms with Gasteiger partial charge in [0.1, 0.15) is 0 Å². The fourth-order valence-electron chi connectivity index (χ4n) is 2.75. The van der Waals surface area contributed by atoms with Gasteiger partial charge >= 0.3 is 17.8 Å². The molecule has 34 heavy (non-hydrogen) atoms. The normalized spacial score (nSPS) is 13.6. The highest BCUT2D eigenvalue weighted by Crippen LogP contribution is 2.34. The highest BCUT2D eigenvalue weighted by molar-refractivity contribution is 7.92. The summed E-state index contributed by atoms with van der Waals surface area (Å²) in [6, 6.07) is 4.06. The molecule has 0 bridgehead atoms. The molecule has 0 aliphatic carbocycles. The molecule has 1 aromatic carbocycles. The number of nitrogens with one attached hydrogen (secondary N) is 3. The maximum atomic E-state index is 14.1. The Morgan fingerprint density at radius 3 is 2.21 bits per heavy atom. The molecule has 1 heterocycles. The van der Waals surface area contributed by atoms with E-state index < -0.39 is 33.7 Å². The fourth-order valence-corrected chi connectivity index (χ4v) is 3.80. The van der Waals surface area contributed by atoms with E-state index in [2.05, 4.69) is 14.6 Å². The van der Waals surface area contributed by atoms with Crippen LogP contribution in [-0.4, -0.2) is 43.9 Å². The summed E-state index contributed by atoms with van der Waals surface area (Å²) in [6.45, 7) is 5.74. The lowest BCUT2D eigenvalue weighted by atomic mass is 10.1. The minimum absolute atomic E-state index is 0.100. The van der Waals surface area contributed by atoms with Crippen LogP contribution in [0.5, 0.6) is 0 Å². The molecule has 10 nitrogen and oxygen atoms in total. The van der Waals surface area contributed by atoms with Gasteiger partial charge in [-0.05, 0) is 51.5 Å². The van der Waals surface area contributed by atoms with Gasteiger partial charge in [0.25, 0.3) is 10.0 Å². The number of carbonyl (C=O) groups is 2. The summed E-state index contributed by atoms with van der Waals surface area (Å²) in [5.74, 6) is -2.89. The Morgan fingerprint density at radius 2 is 1.74 bits per heavy atom. The second kappa shape index (κ2) is 10.3. The number of esters is 1. The Labute approximate surface area is 194 Å². The molecule has 1 amide bonds. The van der Waals surface area contributed by atoms with Crippen LogP contribution in [0, 0.1) is 13.8 Å². The molecule has 0 aliphatic rings. The van der Waals surface area contributed by atoms with Gasteiger partial charge in [-0.15, -0.1) is 0 Å². The van der Waals surface area contributed by atoms with E-state index in [1.165, 1.54) is 6.92 Å². The van der Waals surface area contributed by atoms with Crippen molar-refractivity contribution in [1.82, 2.24) is 10.5 Å². The van der Waals surface area contributed by atoms with Crippen molar-refractivity contribution in [3.05, 3.63) is 35.5 Å². The number of rotatable bonds is 10. The minimum atomic E-state index is -5.30. The van der Waals surface area contributed by atoms with E-state index in [4.69, 9.17) is 4.52 Å². The van der Waals surface area contributed by atoms with E-state index in [1.54, 1.807) is 26.1 Å². The third kappa shape index (κ3) is 5.79. The standard InChI is InChI=1S/C20H25F3N4O6S/c1-5-7-16(28)25-19(20(21,22)23,18(29)32-6-2)24-14-8-10-15(11-9-14)34(30,31)27-17-12(3)13(4)26-33-17/h8-11,24,27H,5-7H2,1-4H3,(H,25,28). The van der Waals surface area contributed by atoms with Gasteiger partial charge in [-0.1, -0.05) is 12.1 Å². The van der Waals surface area contributed by atoms with Gasteiger partial charge in [0.05, 0.1) is 17.2 Å². The van der Waals surface area contributed by atoms with E-state index in [1.807, 2.05) is 5.32 Å². The predicted octanol–water partition coefficient (Wildman–Crippen LogP) is 3.24. The summed E-state index contributed by atoms with van der Waals surface area (Å²) in [6.07, 6.45) is -5.31. The monoisotopic (exact) mass is 506 g/mol. The summed E-state index contributed by atoms with van der Waals surface area (Å²) in [5.41, 5.74) is -2.94. The van der Waals surface area contributed by atoms with Gasteiger partial charge < -0.3 is 19.9 Å². The van der Waals surface area contributed by atoms with E-state index in [-0.39, 0.29) is 35.9 Å². The molecule has 1 aromatic heterocycles. The second-order valence-electron chi connectivity index (χ2n) is 7.24. The molecular weight excluding hydrogens is 481 g/mol. The first-order chi connectivity index (χ1) is 15.8. The third-order valence-corrected chi connectivity index (χ3v) is 6.04. The van der Waals surface area contributed by atoms with E-state index in [0.29, 0.717) is 11.3 Å². The lowest BCUT2D eigenvalue weighted by Gasteiger charge is -2.35. The van der Waals surface area contributed by atoms with Crippen molar-refractivity contribution < 1.29 is 40.4 Å². The minimum Gasteiger partial charge on any atom is -0.463 e.